The van der Waals surface area contributed by atoms with Crippen LogP contribution in [0.25, 0.3) is 10.7 Å². The van der Waals surface area contributed by atoms with Gasteiger partial charge < -0.3 is 9.47 Å². The maximum Gasteiger partial charge on any atom is 0.265 e. The second kappa shape index (κ2) is 7.88. The number of likely N-dealkylation sites (tertiary alicyclic amines) is 1. The molecule has 0 bridgehead atoms. The number of aromatic nitrogens is 2. The molecule has 0 spiro atoms. The molecule has 4 rings (SSSR count). The zero-order chi connectivity index (χ0) is 21.5. The van der Waals surface area contributed by atoms with Crippen molar-refractivity contribution in [3.05, 3.63) is 52.7 Å². The quantitative estimate of drug-likeness (QED) is 0.649. The first kappa shape index (κ1) is 20.6. The number of anilines is 1. The molecule has 7 nitrogen and oxygen atoms in total. The van der Waals surface area contributed by atoms with Crippen LogP contribution in [0.4, 0.5) is 5.69 Å². The van der Waals surface area contributed by atoms with Crippen LogP contribution in [0.5, 0.6) is 0 Å². The van der Waals surface area contributed by atoms with Crippen LogP contribution in [-0.4, -0.2) is 41.9 Å². The summed E-state index contributed by atoms with van der Waals surface area (Å²) in [5, 5.41) is 0.634. The minimum Gasteiger partial charge on any atom is -0.347 e. The zero-order valence-electron chi connectivity index (χ0n) is 17.2. The summed E-state index contributed by atoms with van der Waals surface area (Å²) < 4.78 is 30.1. The van der Waals surface area contributed by atoms with Gasteiger partial charge in [0.2, 0.25) is 0 Å². The molecule has 0 radical (unpaired) electrons. The fourth-order valence-electron chi connectivity index (χ4n) is 3.58. The van der Waals surface area contributed by atoms with Crippen LogP contribution in [0.2, 0.25) is 0 Å². The highest BCUT2D eigenvalue weighted by molar-refractivity contribution is 7.92. The highest BCUT2D eigenvalue weighted by Crippen LogP contribution is 2.32. The van der Waals surface area contributed by atoms with E-state index in [0.29, 0.717) is 27.0 Å². The second-order valence-corrected chi connectivity index (χ2v) is 10.3. The second-order valence-electron chi connectivity index (χ2n) is 7.58. The molecule has 0 atom stereocenters. The third kappa shape index (κ3) is 3.99. The molecule has 0 aliphatic carbocycles. The summed E-state index contributed by atoms with van der Waals surface area (Å²) in [6.45, 7) is 5.29. The average molecular weight is 445 g/mol. The van der Waals surface area contributed by atoms with E-state index in [1.807, 2.05) is 24.8 Å². The Morgan fingerprint density at radius 2 is 1.90 bits per heavy atom. The number of carbonyl (C=O) groups excluding carboxylic acids is 1. The van der Waals surface area contributed by atoms with Gasteiger partial charge in [-0.1, -0.05) is 12.1 Å². The minimum absolute atomic E-state index is 0.0110. The van der Waals surface area contributed by atoms with E-state index in [-0.39, 0.29) is 10.8 Å². The van der Waals surface area contributed by atoms with E-state index >= 15 is 0 Å². The van der Waals surface area contributed by atoms with Gasteiger partial charge in [0.25, 0.3) is 15.9 Å². The molecule has 1 aliphatic heterocycles. The third-order valence-electron chi connectivity index (χ3n) is 5.16. The van der Waals surface area contributed by atoms with Crippen molar-refractivity contribution in [1.29, 1.82) is 0 Å². The van der Waals surface area contributed by atoms with Crippen molar-refractivity contribution < 1.29 is 13.2 Å². The lowest BCUT2D eigenvalue weighted by Gasteiger charge is -2.13. The highest BCUT2D eigenvalue weighted by Gasteiger charge is 2.26. The first-order valence-corrected chi connectivity index (χ1v) is 12.1. The first-order valence-electron chi connectivity index (χ1n) is 9.77. The summed E-state index contributed by atoms with van der Waals surface area (Å²) in [6.07, 6.45) is 3.62. The van der Waals surface area contributed by atoms with Gasteiger partial charge in [0, 0.05) is 32.0 Å². The van der Waals surface area contributed by atoms with Crippen LogP contribution in [0, 0.1) is 13.8 Å². The van der Waals surface area contributed by atoms with Crippen molar-refractivity contribution in [3.63, 3.8) is 0 Å². The Bertz CT molecular complexity index is 1200. The van der Waals surface area contributed by atoms with E-state index < -0.39 is 10.0 Å². The van der Waals surface area contributed by atoms with Gasteiger partial charge in [0.1, 0.15) is 14.8 Å². The SMILES string of the molecule is Cc1cccc(NS(=O)(=O)c2cc(-c3nc(C)c(C(=O)N4CCCC4)s3)n(C)c2)c1. The van der Waals surface area contributed by atoms with Crippen molar-refractivity contribution in [2.75, 3.05) is 17.8 Å². The number of hydrogen-bond donors (Lipinski definition) is 1. The number of benzene rings is 1. The monoisotopic (exact) mass is 444 g/mol. The van der Waals surface area contributed by atoms with E-state index in [1.165, 1.54) is 11.3 Å². The molecule has 0 saturated carbocycles. The Hall–Kier alpha value is -2.65. The van der Waals surface area contributed by atoms with Crippen molar-refractivity contribution in [2.24, 2.45) is 7.05 Å². The maximum atomic E-state index is 12.9. The van der Waals surface area contributed by atoms with Gasteiger partial charge in [-0.15, -0.1) is 11.3 Å². The van der Waals surface area contributed by atoms with Gasteiger partial charge in [0.05, 0.1) is 11.4 Å². The molecule has 1 aliphatic rings. The topological polar surface area (TPSA) is 84.3 Å². The molecule has 3 heterocycles. The Morgan fingerprint density at radius 1 is 1.17 bits per heavy atom. The predicted molar refractivity (Wildman–Crippen MR) is 118 cm³/mol. The van der Waals surface area contributed by atoms with Crippen molar-refractivity contribution in [1.82, 2.24) is 14.5 Å². The minimum atomic E-state index is -3.74. The number of nitrogens with one attached hydrogen (secondary N) is 1. The molecule has 1 aromatic carbocycles. The molecule has 30 heavy (non-hydrogen) atoms. The molecule has 158 valence electrons. The Balaban J connectivity index is 1.63. The van der Waals surface area contributed by atoms with E-state index in [2.05, 4.69) is 9.71 Å². The van der Waals surface area contributed by atoms with E-state index in [9.17, 15) is 13.2 Å². The van der Waals surface area contributed by atoms with Crippen LogP contribution in [0.1, 0.15) is 33.8 Å². The zero-order valence-corrected chi connectivity index (χ0v) is 18.8. The molecule has 9 heteroatoms. The molecule has 3 aromatic rings. The highest BCUT2D eigenvalue weighted by atomic mass is 32.2. The molecule has 1 amide bonds. The normalized spacial score (nSPS) is 14.3. The summed E-state index contributed by atoms with van der Waals surface area (Å²) in [4.78, 5) is 20.0. The Labute approximate surface area is 180 Å². The standard InChI is InChI=1S/C21H24N4O3S2/c1-14-7-6-8-16(11-14)23-30(27,28)17-12-18(24(3)13-17)20-22-15(2)19(29-20)21(26)25-9-4-5-10-25/h6-8,11-13,23H,4-5,9-10H2,1-3H3. The molecular weight excluding hydrogens is 420 g/mol. The van der Waals surface area contributed by atoms with Crippen molar-refractivity contribution in [2.45, 2.75) is 31.6 Å². The summed E-state index contributed by atoms with van der Waals surface area (Å²) in [5.41, 5.74) is 2.82. The molecular formula is C21H24N4O3S2. The van der Waals surface area contributed by atoms with E-state index in [1.54, 1.807) is 42.1 Å². The van der Waals surface area contributed by atoms with E-state index in [4.69, 9.17) is 0 Å². The smallest absolute Gasteiger partial charge is 0.265 e. The van der Waals surface area contributed by atoms with Gasteiger partial charge in [0.15, 0.2) is 0 Å². The van der Waals surface area contributed by atoms with Gasteiger partial charge in [-0.2, -0.15) is 0 Å². The molecule has 1 fully saturated rings. The molecule has 1 saturated heterocycles. The van der Waals surface area contributed by atoms with Gasteiger partial charge in [-0.05, 0) is 50.5 Å². The van der Waals surface area contributed by atoms with Crippen LogP contribution < -0.4 is 4.72 Å². The van der Waals surface area contributed by atoms with Crippen molar-refractivity contribution in [3.8, 4) is 10.7 Å². The number of sulfonamides is 1. The first-order chi connectivity index (χ1) is 14.2. The van der Waals surface area contributed by atoms with Crippen LogP contribution >= 0.6 is 11.3 Å². The number of rotatable bonds is 5. The summed E-state index contributed by atoms with van der Waals surface area (Å²) in [6, 6.07) is 8.81. The molecule has 1 N–H and O–H groups in total. The largest absolute Gasteiger partial charge is 0.347 e. The van der Waals surface area contributed by atoms with Gasteiger partial charge >= 0.3 is 0 Å². The lowest BCUT2D eigenvalue weighted by molar-refractivity contribution is 0.0796. The predicted octanol–water partition coefficient (Wildman–Crippen LogP) is 3.80. The molecule has 2 aromatic heterocycles. The fraction of sp³-hybridized carbons (Fsp3) is 0.333. The summed E-state index contributed by atoms with van der Waals surface area (Å²) >= 11 is 1.31. The molecule has 0 unspecified atom stereocenters. The van der Waals surface area contributed by atoms with Crippen LogP contribution in [0.15, 0.2) is 41.4 Å². The number of carbonyl (C=O) groups is 1. The maximum absolute atomic E-state index is 12.9. The van der Waals surface area contributed by atoms with Crippen LogP contribution in [0.3, 0.4) is 0 Å². The van der Waals surface area contributed by atoms with Gasteiger partial charge in [-0.25, -0.2) is 13.4 Å². The summed E-state index contributed by atoms with van der Waals surface area (Å²) in [7, 11) is -1.96. The lowest BCUT2D eigenvalue weighted by atomic mass is 10.2. The summed E-state index contributed by atoms with van der Waals surface area (Å²) in [5.74, 6) is 0.0110. The third-order valence-corrected chi connectivity index (χ3v) is 7.68. The number of hydrogen-bond acceptors (Lipinski definition) is 5. The Morgan fingerprint density at radius 3 is 2.60 bits per heavy atom. The van der Waals surface area contributed by atoms with Gasteiger partial charge in [-0.3, -0.25) is 9.52 Å². The number of thiazole rings is 1. The number of amides is 1. The van der Waals surface area contributed by atoms with Crippen LogP contribution in [-0.2, 0) is 17.1 Å². The average Bonchev–Trinajstić information content (AvgIpc) is 3.40. The Kier molecular flexibility index (Phi) is 5.42. The fourth-order valence-corrected chi connectivity index (χ4v) is 5.80. The number of nitrogens with zero attached hydrogens (tertiary/aromatic N) is 3. The number of aryl methyl sites for hydroxylation is 3. The lowest BCUT2D eigenvalue weighted by Crippen LogP contribution is -2.27. The van der Waals surface area contributed by atoms with E-state index in [0.717, 1.165) is 31.5 Å². The van der Waals surface area contributed by atoms with Crippen molar-refractivity contribution >= 4 is 33.0 Å².